The van der Waals surface area contributed by atoms with Gasteiger partial charge in [0.15, 0.2) is 5.82 Å². The molecule has 0 saturated carbocycles. The quantitative estimate of drug-likeness (QED) is 0.685. The summed E-state index contributed by atoms with van der Waals surface area (Å²) in [4.78, 5) is 18.8. The number of nitrogens with one attached hydrogen (secondary N) is 2. The number of fused-ring (bicyclic) bond motifs is 1. The van der Waals surface area contributed by atoms with Crippen molar-refractivity contribution >= 4 is 0 Å². The van der Waals surface area contributed by atoms with E-state index < -0.39 is 0 Å². The highest BCUT2D eigenvalue weighted by atomic mass is 16.1. The Morgan fingerprint density at radius 2 is 2.27 bits per heavy atom. The van der Waals surface area contributed by atoms with Gasteiger partial charge < -0.3 is 4.98 Å². The van der Waals surface area contributed by atoms with Crippen LogP contribution in [-0.4, -0.2) is 25.4 Å². The molecule has 1 aliphatic carbocycles. The van der Waals surface area contributed by atoms with Gasteiger partial charge in [-0.25, -0.2) is 4.98 Å². The van der Waals surface area contributed by atoms with Gasteiger partial charge in [0.25, 0.3) is 5.56 Å². The van der Waals surface area contributed by atoms with Crippen LogP contribution in [0, 0.1) is 0 Å². The summed E-state index contributed by atoms with van der Waals surface area (Å²) in [7, 11) is 0. The Balaban J connectivity index is 2.20. The second-order valence-corrected chi connectivity index (χ2v) is 3.55. The third-order valence-corrected chi connectivity index (χ3v) is 2.60. The normalized spacial score (nSPS) is 14.1. The van der Waals surface area contributed by atoms with Crippen molar-refractivity contribution in [3.05, 3.63) is 27.8 Å². The zero-order valence-corrected chi connectivity index (χ0v) is 7.95. The molecule has 0 aliphatic heterocycles. The minimum absolute atomic E-state index is 0.0458. The van der Waals surface area contributed by atoms with E-state index in [4.69, 9.17) is 0 Å². The molecule has 0 aromatic carbocycles. The van der Waals surface area contributed by atoms with Gasteiger partial charge in [-0.3, -0.25) is 4.79 Å². The van der Waals surface area contributed by atoms with Gasteiger partial charge in [0.2, 0.25) is 0 Å². The van der Waals surface area contributed by atoms with Crippen LogP contribution >= 0.6 is 0 Å². The van der Waals surface area contributed by atoms with E-state index in [1.807, 2.05) is 0 Å². The molecule has 0 bridgehead atoms. The van der Waals surface area contributed by atoms with Gasteiger partial charge in [-0.05, 0) is 19.3 Å². The molecular formula is C9H9N5O. The first kappa shape index (κ1) is 8.34. The number of nitrogens with zero attached hydrogens (tertiary/aromatic N) is 3. The summed E-state index contributed by atoms with van der Waals surface area (Å²) in [6, 6.07) is 0. The minimum Gasteiger partial charge on any atom is -0.305 e. The molecule has 0 radical (unpaired) electrons. The summed E-state index contributed by atoms with van der Waals surface area (Å²) in [5.41, 5.74) is 2.25. The van der Waals surface area contributed by atoms with Crippen molar-refractivity contribution in [3.8, 4) is 11.5 Å². The van der Waals surface area contributed by atoms with Crippen LogP contribution in [0.15, 0.2) is 11.0 Å². The fourth-order valence-electron chi connectivity index (χ4n) is 1.88. The number of aromatic nitrogens is 5. The third-order valence-electron chi connectivity index (χ3n) is 2.60. The first-order valence-electron chi connectivity index (χ1n) is 4.83. The fraction of sp³-hybridized carbons (Fsp3) is 0.333. The van der Waals surface area contributed by atoms with Crippen LogP contribution in [0.2, 0.25) is 0 Å². The lowest BCUT2D eigenvalue weighted by atomic mass is 10.2. The molecule has 2 aromatic rings. The van der Waals surface area contributed by atoms with Gasteiger partial charge in [0.05, 0.1) is 11.9 Å². The molecule has 2 heterocycles. The highest BCUT2D eigenvalue weighted by molar-refractivity contribution is 5.47. The minimum atomic E-state index is -0.0458. The van der Waals surface area contributed by atoms with E-state index in [1.165, 1.54) is 0 Å². The molecule has 0 atom stereocenters. The first-order valence-corrected chi connectivity index (χ1v) is 4.83. The molecule has 0 saturated heterocycles. The Kier molecular flexibility index (Phi) is 1.67. The molecule has 1 aliphatic rings. The van der Waals surface area contributed by atoms with Crippen molar-refractivity contribution in [2.24, 2.45) is 0 Å². The van der Waals surface area contributed by atoms with Crippen molar-refractivity contribution in [1.29, 1.82) is 0 Å². The van der Waals surface area contributed by atoms with Crippen molar-refractivity contribution in [1.82, 2.24) is 25.4 Å². The third kappa shape index (κ3) is 1.25. The zero-order chi connectivity index (χ0) is 10.3. The summed E-state index contributed by atoms with van der Waals surface area (Å²) in [6.45, 7) is 0. The smallest absolute Gasteiger partial charge is 0.254 e. The van der Waals surface area contributed by atoms with E-state index in [-0.39, 0.29) is 5.56 Å². The highest BCUT2D eigenvalue weighted by Crippen LogP contribution is 2.18. The predicted octanol–water partition coefficient (Wildman–Crippen LogP) is 0.0437. The molecule has 0 fully saturated rings. The van der Waals surface area contributed by atoms with Crippen LogP contribution in [0.25, 0.3) is 11.5 Å². The van der Waals surface area contributed by atoms with Crippen LogP contribution in [0.3, 0.4) is 0 Å². The van der Waals surface area contributed by atoms with Crippen molar-refractivity contribution in [2.45, 2.75) is 19.3 Å². The molecule has 0 spiro atoms. The van der Waals surface area contributed by atoms with Gasteiger partial charge in [-0.15, -0.1) is 0 Å². The van der Waals surface area contributed by atoms with E-state index in [1.54, 1.807) is 6.20 Å². The molecule has 0 amide bonds. The maximum absolute atomic E-state index is 11.7. The number of H-pyrrole nitrogens is 2. The van der Waals surface area contributed by atoms with E-state index in [2.05, 4.69) is 25.4 Å². The fourth-order valence-corrected chi connectivity index (χ4v) is 1.88. The van der Waals surface area contributed by atoms with E-state index in [9.17, 15) is 4.79 Å². The summed E-state index contributed by atoms with van der Waals surface area (Å²) in [5, 5.41) is 10.1. The maximum atomic E-state index is 11.7. The van der Waals surface area contributed by atoms with Gasteiger partial charge in [-0.1, -0.05) is 0 Å². The summed E-state index contributed by atoms with van der Waals surface area (Å²) in [6.07, 6.45) is 4.26. The first-order chi connectivity index (χ1) is 7.34. The van der Waals surface area contributed by atoms with Crippen molar-refractivity contribution < 1.29 is 0 Å². The van der Waals surface area contributed by atoms with Crippen molar-refractivity contribution in [3.63, 3.8) is 0 Å². The predicted molar refractivity (Wildman–Crippen MR) is 52.3 cm³/mol. The lowest BCUT2D eigenvalue weighted by molar-refractivity contribution is 0.898. The SMILES string of the molecule is O=c1[nH]c(-c2cn[nH]n2)nc2c1CCC2. The largest absolute Gasteiger partial charge is 0.305 e. The Morgan fingerprint density at radius 3 is 3.07 bits per heavy atom. The summed E-state index contributed by atoms with van der Waals surface area (Å²) < 4.78 is 0. The number of hydrogen-bond donors (Lipinski definition) is 2. The molecule has 2 aromatic heterocycles. The lowest BCUT2D eigenvalue weighted by Gasteiger charge is -1.99. The van der Waals surface area contributed by atoms with Gasteiger partial charge in [-0.2, -0.15) is 15.4 Å². The summed E-state index contributed by atoms with van der Waals surface area (Å²) >= 11 is 0. The Labute approximate surface area is 84.8 Å². The standard InChI is InChI=1S/C9H9N5O/c15-9-5-2-1-3-6(5)11-8(12-9)7-4-10-14-13-7/h4H,1-3H2,(H,10,13,14)(H,11,12,15). The van der Waals surface area contributed by atoms with Gasteiger partial charge >= 0.3 is 0 Å². The number of aromatic amines is 2. The molecule has 0 unspecified atom stereocenters. The van der Waals surface area contributed by atoms with E-state index in [0.29, 0.717) is 11.5 Å². The average Bonchev–Trinajstić information content (AvgIpc) is 2.88. The molecular weight excluding hydrogens is 194 g/mol. The maximum Gasteiger partial charge on any atom is 0.254 e. The zero-order valence-electron chi connectivity index (χ0n) is 7.95. The molecule has 2 N–H and O–H groups in total. The van der Waals surface area contributed by atoms with Crippen molar-refractivity contribution in [2.75, 3.05) is 0 Å². The summed E-state index contributed by atoms with van der Waals surface area (Å²) in [5.74, 6) is 0.495. The van der Waals surface area contributed by atoms with Crippen LogP contribution in [0.5, 0.6) is 0 Å². The van der Waals surface area contributed by atoms with E-state index in [0.717, 1.165) is 30.5 Å². The second kappa shape index (κ2) is 3.01. The van der Waals surface area contributed by atoms with E-state index >= 15 is 0 Å². The monoisotopic (exact) mass is 203 g/mol. The molecule has 6 heteroatoms. The van der Waals surface area contributed by atoms with Gasteiger partial charge in [0, 0.05) is 5.56 Å². The number of aryl methyl sites for hydroxylation is 1. The van der Waals surface area contributed by atoms with Crippen LogP contribution in [0.1, 0.15) is 17.7 Å². The van der Waals surface area contributed by atoms with Crippen LogP contribution in [-0.2, 0) is 12.8 Å². The highest BCUT2D eigenvalue weighted by Gasteiger charge is 2.18. The molecule has 15 heavy (non-hydrogen) atoms. The van der Waals surface area contributed by atoms with Crippen LogP contribution < -0.4 is 5.56 Å². The molecule has 76 valence electrons. The second-order valence-electron chi connectivity index (χ2n) is 3.55. The Morgan fingerprint density at radius 1 is 1.33 bits per heavy atom. The molecule has 6 nitrogen and oxygen atoms in total. The molecule has 3 rings (SSSR count). The Bertz CT molecular complexity index is 542. The number of hydrogen-bond acceptors (Lipinski definition) is 4. The number of rotatable bonds is 1. The topological polar surface area (TPSA) is 87.3 Å². The Hall–Kier alpha value is -1.98. The van der Waals surface area contributed by atoms with Gasteiger partial charge in [0.1, 0.15) is 5.69 Å². The lowest BCUT2D eigenvalue weighted by Crippen LogP contribution is -2.15. The van der Waals surface area contributed by atoms with Crippen LogP contribution in [0.4, 0.5) is 0 Å². The average molecular weight is 203 g/mol.